The SMILES string of the molecule is CCC[C@H]1CC[C@H]([C@H]2CC[C@H](c3ccc(CC(F)(F)F)cc3)CC2)CC1. The molecule has 2 saturated carbocycles. The van der Waals surface area contributed by atoms with Gasteiger partial charge in [-0.2, -0.15) is 13.2 Å². The standard InChI is InChI=1S/C23H33F3/c1-2-3-17-4-8-19(9-5-17)21-12-14-22(15-13-21)20-10-6-18(7-11-20)16-23(24,25)26/h6-7,10-11,17,19,21-22H,2-5,8-9,12-16H2,1H3/t17-,19-,21-,22-. The van der Waals surface area contributed by atoms with Crippen molar-refractivity contribution in [2.75, 3.05) is 0 Å². The first-order valence-corrected chi connectivity index (χ1v) is 10.6. The minimum atomic E-state index is -4.12. The molecule has 0 radical (unpaired) electrons. The third-order valence-corrected chi connectivity index (χ3v) is 6.88. The minimum Gasteiger partial charge on any atom is -0.171 e. The van der Waals surface area contributed by atoms with E-state index in [0.717, 1.165) is 17.8 Å². The summed E-state index contributed by atoms with van der Waals surface area (Å²) in [6, 6.07) is 7.21. The number of rotatable bonds is 5. The van der Waals surface area contributed by atoms with Crippen LogP contribution in [0.5, 0.6) is 0 Å². The maximum atomic E-state index is 12.5. The van der Waals surface area contributed by atoms with Crippen LogP contribution in [-0.2, 0) is 6.42 Å². The Bertz CT molecular complexity index is 530. The maximum Gasteiger partial charge on any atom is 0.393 e. The van der Waals surface area contributed by atoms with Gasteiger partial charge >= 0.3 is 6.18 Å². The quantitative estimate of drug-likeness (QED) is 0.501. The fourth-order valence-electron chi connectivity index (χ4n) is 5.42. The van der Waals surface area contributed by atoms with Gasteiger partial charge in [-0.3, -0.25) is 0 Å². The highest BCUT2D eigenvalue weighted by Gasteiger charge is 2.31. The van der Waals surface area contributed by atoms with E-state index in [9.17, 15) is 13.2 Å². The molecule has 1 aromatic rings. The first kappa shape index (κ1) is 19.8. The normalized spacial score (nSPS) is 30.3. The van der Waals surface area contributed by atoms with Gasteiger partial charge in [0.15, 0.2) is 0 Å². The predicted octanol–water partition coefficient (Wildman–Crippen LogP) is 7.67. The fourth-order valence-corrected chi connectivity index (χ4v) is 5.42. The van der Waals surface area contributed by atoms with E-state index < -0.39 is 12.6 Å². The van der Waals surface area contributed by atoms with Crippen LogP contribution in [0.1, 0.15) is 88.2 Å². The van der Waals surface area contributed by atoms with Crippen molar-refractivity contribution in [1.29, 1.82) is 0 Å². The third-order valence-electron chi connectivity index (χ3n) is 6.88. The van der Waals surface area contributed by atoms with Crippen LogP contribution in [0.3, 0.4) is 0 Å². The Kier molecular flexibility index (Phi) is 6.69. The molecule has 1 aromatic carbocycles. The Balaban J connectivity index is 1.46. The second-order valence-corrected chi connectivity index (χ2v) is 8.71. The predicted molar refractivity (Wildman–Crippen MR) is 101 cm³/mol. The molecule has 0 aliphatic heterocycles. The number of hydrogen-bond donors (Lipinski definition) is 0. The molecular formula is C23H33F3. The van der Waals surface area contributed by atoms with Crippen molar-refractivity contribution in [3.05, 3.63) is 35.4 Å². The van der Waals surface area contributed by atoms with Crippen molar-refractivity contribution < 1.29 is 13.2 Å². The summed E-state index contributed by atoms with van der Waals surface area (Å²) in [6.07, 6.45) is 8.52. The van der Waals surface area contributed by atoms with Crippen LogP contribution in [0.2, 0.25) is 0 Å². The Morgan fingerprint density at radius 3 is 1.85 bits per heavy atom. The van der Waals surface area contributed by atoms with E-state index in [1.54, 1.807) is 12.1 Å². The van der Waals surface area contributed by atoms with Crippen molar-refractivity contribution in [1.82, 2.24) is 0 Å². The van der Waals surface area contributed by atoms with Gasteiger partial charge in [-0.05, 0) is 73.3 Å². The molecule has 3 rings (SSSR count). The average molecular weight is 367 g/mol. The molecule has 3 heteroatoms. The lowest BCUT2D eigenvalue weighted by atomic mass is 9.68. The zero-order valence-corrected chi connectivity index (χ0v) is 16.0. The summed E-state index contributed by atoms with van der Waals surface area (Å²) >= 11 is 0. The second-order valence-electron chi connectivity index (χ2n) is 8.71. The van der Waals surface area contributed by atoms with E-state index in [1.807, 2.05) is 12.1 Å². The third kappa shape index (κ3) is 5.50. The molecular weight excluding hydrogens is 333 g/mol. The van der Waals surface area contributed by atoms with Gasteiger partial charge in [-0.1, -0.05) is 56.9 Å². The van der Waals surface area contributed by atoms with Crippen molar-refractivity contribution in [3.63, 3.8) is 0 Å². The van der Waals surface area contributed by atoms with E-state index in [2.05, 4.69) is 6.92 Å². The van der Waals surface area contributed by atoms with E-state index in [-0.39, 0.29) is 0 Å². The Hall–Kier alpha value is -0.990. The lowest BCUT2D eigenvalue weighted by Crippen LogP contribution is -2.25. The van der Waals surface area contributed by atoms with Gasteiger partial charge in [0.25, 0.3) is 0 Å². The molecule has 0 heterocycles. The summed E-state index contributed by atoms with van der Waals surface area (Å²) in [6.45, 7) is 2.29. The number of hydrogen-bond acceptors (Lipinski definition) is 0. The van der Waals surface area contributed by atoms with Crippen LogP contribution in [-0.4, -0.2) is 6.18 Å². The Labute approximate surface area is 156 Å². The van der Waals surface area contributed by atoms with Gasteiger partial charge in [0.05, 0.1) is 6.42 Å². The van der Waals surface area contributed by atoms with E-state index in [1.165, 1.54) is 69.8 Å². The van der Waals surface area contributed by atoms with Gasteiger partial charge in [-0.25, -0.2) is 0 Å². The van der Waals surface area contributed by atoms with E-state index in [0.29, 0.717) is 11.5 Å². The Morgan fingerprint density at radius 1 is 0.808 bits per heavy atom. The molecule has 0 atom stereocenters. The highest BCUT2D eigenvalue weighted by molar-refractivity contribution is 5.26. The van der Waals surface area contributed by atoms with Gasteiger partial charge in [-0.15, -0.1) is 0 Å². The van der Waals surface area contributed by atoms with Crippen LogP contribution < -0.4 is 0 Å². The number of benzene rings is 1. The molecule has 0 aromatic heterocycles. The van der Waals surface area contributed by atoms with Crippen molar-refractivity contribution in [3.8, 4) is 0 Å². The maximum absolute atomic E-state index is 12.5. The van der Waals surface area contributed by atoms with Gasteiger partial charge < -0.3 is 0 Å². The van der Waals surface area contributed by atoms with E-state index in [4.69, 9.17) is 0 Å². The lowest BCUT2D eigenvalue weighted by Gasteiger charge is -2.38. The molecule has 0 spiro atoms. The van der Waals surface area contributed by atoms with Gasteiger partial charge in [0, 0.05) is 0 Å². The fraction of sp³-hybridized carbons (Fsp3) is 0.739. The van der Waals surface area contributed by atoms with Crippen LogP contribution in [0.15, 0.2) is 24.3 Å². The van der Waals surface area contributed by atoms with Crippen molar-refractivity contribution >= 4 is 0 Å². The first-order valence-electron chi connectivity index (χ1n) is 10.6. The number of alkyl halides is 3. The summed E-state index contributed by atoms with van der Waals surface area (Å²) in [7, 11) is 0. The molecule has 146 valence electrons. The minimum absolute atomic E-state index is 0.374. The highest BCUT2D eigenvalue weighted by Crippen LogP contribution is 2.44. The average Bonchev–Trinajstić information content (AvgIpc) is 2.62. The molecule has 26 heavy (non-hydrogen) atoms. The molecule has 2 fully saturated rings. The second kappa shape index (κ2) is 8.80. The molecule has 0 saturated heterocycles. The monoisotopic (exact) mass is 366 g/mol. The number of halogens is 3. The molecule has 0 amide bonds. The molecule has 2 aliphatic carbocycles. The zero-order valence-electron chi connectivity index (χ0n) is 16.0. The summed E-state index contributed by atoms with van der Waals surface area (Å²) in [5, 5.41) is 0. The highest BCUT2D eigenvalue weighted by atomic mass is 19.4. The first-order chi connectivity index (χ1) is 12.4. The van der Waals surface area contributed by atoms with Crippen LogP contribution in [0.25, 0.3) is 0 Å². The van der Waals surface area contributed by atoms with E-state index >= 15 is 0 Å². The van der Waals surface area contributed by atoms with Gasteiger partial charge in [0.2, 0.25) is 0 Å². The summed E-state index contributed by atoms with van der Waals surface area (Å²) < 4.78 is 37.5. The molecule has 0 N–H and O–H groups in total. The van der Waals surface area contributed by atoms with Crippen molar-refractivity contribution in [2.45, 2.75) is 89.6 Å². The smallest absolute Gasteiger partial charge is 0.171 e. The molecule has 2 aliphatic rings. The summed E-state index contributed by atoms with van der Waals surface area (Å²) in [5.74, 6) is 3.34. The topological polar surface area (TPSA) is 0 Å². The lowest BCUT2D eigenvalue weighted by molar-refractivity contribution is -0.127. The van der Waals surface area contributed by atoms with Gasteiger partial charge in [0.1, 0.15) is 0 Å². The molecule has 0 unspecified atom stereocenters. The van der Waals surface area contributed by atoms with Crippen LogP contribution >= 0.6 is 0 Å². The molecule has 0 bridgehead atoms. The largest absolute Gasteiger partial charge is 0.393 e. The van der Waals surface area contributed by atoms with Crippen LogP contribution in [0, 0.1) is 17.8 Å². The van der Waals surface area contributed by atoms with Crippen LogP contribution in [0.4, 0.5) is 13.2 Å². The Morgan fingerprint density at radius 2 is 1.35 bits per heavy atom. The van der Waals surface area contributed by atoms with Crippen molar-refractivity contribution in [2.24, 2.45) is 17.8 Å². The molecule has 0 nitrogen and oxygen atoms in total. The summed E-state index contributed by atoms with van der Waals surface area (Å²) in [5.41, 5.74) is 1.61. The zero-order chi connectivity index (χ0) is 18.6. The summed E-state index contributed by atoms with van der Waals surface area (Å²) in [4.78, 5) is 0.